The first-order valence-corrected chi connectivity index (χ1v) is 11.2. The smallest absolute Gasteiger partial charge is 0.416 e. The Morgan fingerprint density at radius 2 is 1.85 bits per heavy atom. The Hall–Kier alpha value is -2.78. The molecule has 7 nitrogen and oxygen atoms in total. The SMILES string of the molecule is CCOC(=O)CC1(C(=O)NCc2cc(C(F)(F)F)ccc2OC(C)(C)C)CCC(OC(C)=O)C1. The van der Waals surface area contributed by atoms with Crippen LogP contribution in [0.2, 0.25) is 0 Å². The van der Waals surface area contributed by atoms with E-state index in [2.05, 4.69) is 5.32 Å². The molecule has 0 radical (unpaired) electrons. The average molecular weight is 488 g/mol. The minimum absolute atomic E-state index is 0.116. The third kappa shape index (κ3) is 7.63. The lowest BCUT2D eigenvalue weighted by Gasteiger charge is -2.28. The molecular formula is C24H32F3NO6. The molecule has 34 heavy (non-hydrogen) atoms. The summed E-state index contributed by atoms with van der Waals surface area (Å²) in [5.74, 6) is -1.37. The fourth-order valence-electron chi connectivity index (χ4n) is 4.03. The summed E-state index contributed by atoms with van der Waals surface area (Å²) in [5.41, 5.74) is -2.58. The highest BCUT2D eigenvalue weighted by Gasteiger charge is 2.48. The molecule has 0 bridgehead atoms. The highest BCUT2D eigenvalue weighted by molar-refractivity contribution is 5.88. The van der Waals surface area contributed by atoms with Gasteiger partial charge in [0.2, 0.25) is 5.91 Å². The summed E-state index contributed by atoms with van der Waals surface area (Å²) in [6, 6.07) is 3.10. The van der Waals surface area contributed by atoms with Crippen molar-refractivity contribution in [3.8, 4) is 5.75 Å². The van der Waals surface area contributed by atoms with Crippen molar-refractivity contribution < 1.29 is 41.8 Å². The molecule has 2 rings (SSSR count). The standard InChI is InChI=1S/C24H32F3NO6/c1-6-32-20(30)13-23(10-9-18(12-23)33-15(2)29)21(31)28-14-16-11-17(24(25,26)27)7-8-19(16)34-22(3,4)5/h7-8,11,18H,6,9-10,12-14H2,1-5H3,(H,28,31). The van der Waals surface area contributed by atoms with Crippen LogP contribution in [0.5, 0.6) is 5.75 Å². The summed E-state index contributed by atoms with van der Waals surface area (Å²) in [6.07, 6.45) is -4.56. The maximum Gasteiger partial charge on any atom is 0.416 e. The van der Waals surface area contributed by atoms with Crippen molar-refractivity contribution >= 4 is 17.8 Å². The van der Waals surface area contributed by atoms with Crippen molar-refractivity contribution in [1.29, 1.82) is 0 Å². The summed E-state index contributed by atoms with van der Waals surface area (Å²) < 4.78 is 55.9. The van der Waals surface area contributed by atoms with E-state index in [0.717, 1.165) is 12.1 Å². The van der Waals surface area contributed by atoms with Gasteiger partial charge < -0.3 is 19.5 Å². The Labute approximate surface area is 197 Å². The first-order valence-electron chi connectivity index (χ1n) is 11.2. The zero-order valence-electron chi connectivity index (χ0n) is 20.1. The summed E-state index contributed by atoms with van der Waals surface area (Å²) in [5, 5.41) is 2.67. The zero-order chi connectivity index (χ0) is 25.7. The van der Waals surface area contributed by atoms with Gasteiger partial charge >= 0.3 is 18.1 Å². The molecule has 1 aliphatic carbocycles. The fraction of sp³-hybridized carbons (Fsp3) is 0.625. The fourth-order valence-corrected chi connectivity index (χ4v) is 4.03. The molecule has 0 saturated heterocycles. The van der Waals surface area contributed by atoms with Gasteiger partial charge in [0.15, 0.2) is 0 Å². The molecule has 1 amide bonds. The number of esters is 2. The largest absolute Gasteiger partial charge is 0.488 e. The van der Waals surface area contributed by atoms with Crippen LogP contribution in [0.15, 0.2) is 18.2 Å². The van der Waals surface area contributed by atoms with Gasteiger partial charge in [0.25, 0.3) is 0 Å². The Kier molecular flexibility index (Phi) is 8.60. The van der Waals surface area contributed by atoms with E-state index in [4.69, 9.17) is 14.2 Å². The lowest BCUT2D eigenvalue weighted by molar-refractivity contribution is -0.151. The second-order valence-corrected chi connectivity index (χ2v) is 9.45. The van der Waals surface area contributed by atoms with E-state index in [9.17, 15) is 27.6 Å². The molecule has 1 N–H and O–H groups in total. The number of amides is 1. The molecule has 2 atom stereocenters. The van der Waals surface area contributed by atoms with Crippen LogP contribution in [0, 0.1) is 5.41 Å². The number of ether oxygens (including phenoxy) is 3. The Balaban J connectivity index is 2.28. The van der Waals surface area contributed by atoms with Gasteiger partial charge in [-0.1, -0.05) is 0 Å². The second kappa shape index (κ2) is 10.7. The van der Waals surface area contributed by atoms with E-state index < -0.39 is 46.7 Å². The van der Waals surface area contributed by atoms with E-state index in [0.29, 0.717) is 6.42 Å². The number of halogens is 3. The molecule has 0 aliphatic heterocycles. The van der Waals surface area contributed by atoms with Gasteiger partial charge in [-0.25, -0.2) is 0 Å². The molecule has 2 unspecified atom stereocenters. The predicted octanol–water partition coefficient (Wildman–Crippen LogP) is 4.55. The topological polar surface area (TPSA) is 90.9 Å². The summed E-state index contributed by atoms with van der Waals surface area (Å²) >= 11 is 0. The zero-order valence-corrected chi connectivity index (χ0v) is 20.1. The van der Waals surface area contributed by atoms with E-state index in [-0.39, 0.29) is 43.7 Å². The van der Waals surface area contributed by atoms with Gasteiger partial charge in [0, 0.05) is 19.0 Å². The van der Waals surface area contributed by atoms with Gasteiger partial charge in [-0.05, 0) is 65.2 Å². The molecule has 1 saturated carbocycles. The third-order valence-electron chi connectivity index (χ3n) is 5.41. The van der Waals surface area contributed by atoms with Crippen LogP contribution < -0.4 is 10.1 Å². The number of hydrogen-bond donors (Lipinski definition) is 1. The van der Waals surface area contributed by atoms with Gasteiger partial charge in [-0.3, -0.25) is 14.4 Å². The normalized spacial score (nSPS) is 20.5. The predicted molar refractivity (Wildman–Crippen MR) is 117 cm³/mol. The molecule has 10 heteroatoms. The highest BCUT2D eigenvalue weighted by Crippen LogP contribution is 2.43. The van der Waals surface area contributed by atoms with Gasteiger partial charge in [0.1, 0.15) is 17.5 Å². The van der Waals surface area contributed by atoms with Crippen LogP contribution in [0.25, 0.3) is 0 Å². The number of carbonyl (C=O) groups is 3. The Bertz CT molecular complexity index is 909. The minimum Gasteiger partial charge on any atom is -0.488 e. The van der Waals surface area contributed by atoms with Crippen LogP contribution in [0.4, 0.5) is 13.2 Å². The minimum atomic E-state index is -4.56. The maximum atomic E-state index is 13.3. The Morgan fingerprint density at radius 3 is 2.41 bits per heavy atom. The van der Waals surface area contributed by atoms with Crippen LogP contribution in [0.3, 0.4) is 0 Å². The molecule has 1 aliphatic rings. The third-order valence-corrected chi connectivity index (χ3v) is 5.41. The molecule has 190 valence electrons. The monoisotopic (exact) mass is 487 g/mol. The summed E-state index contributed by atoms with van der Waals surface area (Å²) in [4.78, 5) is 36.9. The van der Waals surface area contributed by atoms with Crippen molar-refractivity contribution in [2.24, 2.45) is 5.41 Å². The highest BCUT2D eigenvalue weighted by atomic mass is 19.4. The number of alkyl halides is 3. The Morgan fingerprint density at radius 1 is 1.18 bits per heavy atom. The lowest BCUT2D eigenvalue weighted by Crippen LogP contribution is -2.41. The first-order chi connectivity index (χ1) is 15.6. The maximum absolute atomic E-state index is 13.3. The number of rotatable bonds is 8. The number of nitrogens with one attached hydrogen (secondary N) is 1. The number of carbonyl (C=O) groups excluding carboxylic acids is 3. The van der Waals surface area contributed by atoms with Gasteiger partial charge in [-0.15, -0.1) is 0 Å². The van der Waals surface area contributed by atoms with Crippen LogP contribution in [-0.4, -0.2) is 36.2 Å². The summed E-state index contributed by atoms with van der Waals surface area (Å²) in [6.45, 7) is 8.08. The molecule has 0 aromatic heterocycles. The number of benzene rings is 1. The quantitative estimate of drug-likeness (QED) is 0.541. The molecule has 0 spiro atoms. The van der Waals surface area contributed by atoms with Crippen molar-refractivity contribution in [3.05, 3.63) is 29.3 Å². The van der Waals surface area contributed by atoms with Crippen LogP contribution in [0.1, 0.15) is 71.4 Å². The van der Waals surface area contributed by atoms with E-state index in [1.165, 1.54) is 13.0 Å². The average Bonchev–Trinajstić information content (AvgIpc) is 3.07. The van der Waals surface area contributed by atoms with Gasteiger partial charge in [0.05, 0.1) is 24.0 Å². The first kappa shape index (κ1) is 27.5. The molecular weight excluding hydrogens is 455 g/mol. The van der Waals surface area contributed by atoms with Crippen molar-refractivity contribution in [2.75, 3.05) is 6.61 Å². The lowest BCUT2D eigenvalue weighted by atomic mass is 9.81. The molecule has 1 aromatic rings. The molecule has 1 fully saturated rings. The number of hydrogen-bond acceptors (Lipinski definition) is 6. The molecule has 1 aromatic carbocycles. The molecule has 0 heterocycles. The van der Waals surface area contributed by atoms with Crippen LogP contribution in [-0.2, 0) is 36.6 Å². The van der Waals surface area contributed by atoms with E-state index in [1.807, 2.05) is 0 Å². The summed E-state index contributed by atoms with van der Waals surface area (Å²) in [7, 11) is 0. The van der Waals surface area contributed by atoms with Gasteiger partial charge in [-0.2, -0.15) is 13.2 Å². The van der Waals surface area contributed by atoms with Crippen molar-refractivity contribution in [2.45, 2.75) is 84.7 Å². The van der Waals surface area contributed by atoms with E-state index >= 15 is 0 Å². The second-order valence-electron chi connectivity index (χ2n) is 9.45. The van der Waals surface area contributed by atoms with Crippen LogP contribution >= 0.6 is 0 Å². The van der Waals surface area contributed by atoms with E-state index in [1.54, 1.807) is 27.7 Å². The van der Waals surface area contributed by atoms with Crippen molar-refractivity contribution in [1.82, 2.24) is 5.32 Å². The van der Waals surface area contributed by atoms with Crippen molar-refractivity contribution in [3.63, 3.8) is 0 Å².